The molecule has 4 bridgehead atoms. The van der Waals surface area contributed by atoms with Crippen molar-refractivity contribution in [2.45, 2.75) is 78.8 Å². The quantitative estimate of drug-likeness (QED) is 0.140. The first-order valence-electron chi connectivity index (χ1n) is 23.1. The van der Waals surface area contributed by atoms with E-state index >= 15 is 0 Å². The van der Waals surface area contributed by atoms with E-state index in [1.165, 1.54) is 75.8 Å². The lowest BCUT2D eigenvalue weighted by atomic mass is 9.82. The van der Waals surface area contributed by atoms with Crippen LogP contribution in [0.2, 0.25) is 0 Å². The molecule has 0 aromatic heterocycles. The fourth-order valence-electron chi connectivity index (χ4n) is 9.32. The summed E-state index contributed by atoms with van der Waals surface area (Å²) in [6.07, 6.45) is 0. The molecule has 336 valence electrons. The highest BCUT2D eigenvalue weighted by atomic mass is 16.6. The predicted octanol–water partition coefficient (Wildman–Crippen LogP) is 11.9. The van der Waals surface area contributed by atoms with Crippen LogP contribution >= 0.6 is 0 Å². The Hall–Kier alpha value is -4.48. The first kappa shape index (κ1) is 44.7. The molecule has 8 aromatic rings. The normalized spacial score (nSPS) is 17.6. The van der Waals surface area contributed by atoms with Crippen LogP contribution < -0.4 is 0 Å². The second-order valence-corrected chi connectivity index (χ2v) is 19.3. The Morgan fingerprint density at radius 1 is 0.281 bits per heavy atom. The van der Waals surface area contributed by atoms with Crippen molar-refractivity contribution < 1.29 is 37.9 Å². The Bertz CT molecular complexity index is 2470. The lowest BCUT2D eigenvalue weighted by Crippen LogP contribution is -2.13. The van der Waals surface area contributed by atoms with Gasteiger partial charge in [0.15, 0.2) is 0 Å². The van der Waals surface area contributed by atoms with Gasteiger partial charge in [0.05, 0.1) is 106 Å². The summed E-state index contributed by atoms with van der Waals surface area (Å²) in [7, 11) is 0. The molecule has 0 saturated heterocycles. The highest BCUT2D eigenvalue weighted by Gasteiger charge is 2.21. The van der Waals surface area contributed by atoms with E-state index < -0.39 is 0 Å². The zero-order valence-corrected chi connectivity index (χ0v) is 38.7. The summed E-state index contributed by atoms with van der Waals surface area (Å²) in [5.74, 6) is 0. The van der Waals surface area contributed by atoms with Crippen molar-refractivity contribution in [2.75, 3.05) is 79.3 Å². The van der Waals surface area contributed by atoms with Gasteiger partial charge in [-0.2, -0.15) is 0 Å². The van der Waals surface area contributed by atoms with Crippen molar-refractivity contribution in [1.82, 2.24) is 0 Å². The number of hydrogen-bond donors (Lipinski definition) is 0. The lowest BCUT2D eigenvalue weighted by Gasteiger charge is -2.22. The minimum absolute atomic E-state index is 0.0517. The first-order valence-corrected chi connectivity index (χ1v) is 23.1. The van der Waals surface area contributed by atoms with E-state index in [4.69, 9.17) is 37.9 Å². The van der Waals surface area contributed by atoms with Crippen LogP contribution in [0.1, 0.15) is 74.9 Å². The van der Waals surface area contributed by atoms with Crippen molar-refractivity contribution in [3.63, 3.8) is 0 Å². The molecule has 1 aliphatic rings. The smallest absolute Gasteiger partial charge is 0.0724 e. The van der Waals surface area contributed by atoms with Crippen LogP contribution in [0.4, 0.5) is 0 Å². The average Bonchev–Trinajstić information content (AvgIpc) is 3.27. The van der Waals surface area contributed by atoms with Gasteiger partial charge in [0.25, 0.3) is 0 Å². The molecular formula is C56H64O8. The van der Waals surface area contributed by atoms with E-state index in [0.717, 1.165) is 22.3 Å². The minimum atomic E-state index is 0.0517. The molecule has 1 aliphatic heterocycles. The van der Waals surface area contributed by atoms with Crippen LogP contribution in [0.3, 0.4) is 0 Å². The SMILES string of the molecule is CC(C)(C)c1cc2ccc3c4cc(c5ccc(c1)c2c35)COCCOCCOCCOCc1cc(c2ccc3cc(C(C)(C)C)cc5ccc1c2c35)COCCOCCOCCOC4. The topological polar surface area (TPSA) is 73.8 Å². The third-order valence-electron chi connectivity index (χ3n) is 12.8. The van der Waals surface area contributed by atoms with Gasteiger partial charge in [-0.25, -0.2) is 0 Å². The Labute approximate surface area is 377 Å². The Balaban J connectivity index is 0.878. The van der Waals surface area contributed by atoms with Gasteiger partial charge in [-0.05, 0) is 121 Å². The van der Waals surface area contributed by atoms with Gasteiger partial charge in [-0.3, -0.25) is 0 Å². The van der Waals surface area contributed by atoms with Gasteiger partial charge in [-0.1, -0.05) is 114 Å². The van der Waals surface area contributed by atoms with Crippen LogP contribution in [-0.4, -0.2) is 79.3 Å². The van der Waals surface area contributed by atoms with Gasteiger partial charge in [0.1, 0.15) is 0 Å². The standard InChI is InChI=1S/C56H64O8/c1-55(2,3)45-29-37-7-11-47-41-27-42(48-12-8-38(30-45)51(37)53(47)48)34-62-24-20-58-16-18-60-22-26-64-36-44-28-43(35-63-25-21-59-17-15-57-19-23-61-33-41)49-13-9-39-31-46(56(4,5)6)32-40-10-14-50(44)54(49)52(39)40/h7-14,27-32H,15-26,33-36H2,1-6H3. The summed E-state index contributed by atoms with van der Waals surface area (Å²) in [5.41, 5.74) is 7.36. The fourth-order valence-corrected chi connectivity index (χ4v) is 9.32. The maximum Gasteiger partial charge on any atom is 0.0724 e. The molecule has 1 heterocycles. The second-order valence-electron chi connectivity index (χ2n) is 19.3. The third kappa shape index (κ3) is 9.72. The molecule has 0 amide bonds. The average molecular weight is 865 g/mol. The molecule has 0 N–H and O–H groups in total. The van der Waals surface area contributed by atoms with E-state index in [-0.39, 0.29) is 10.8 Å². The fraction of sp³-hybridized carbons (Fsp3) is 0.429. The van der Waals surface area contributed by atoms with Crippen LogP contribution in [0.5, 0.6) is 0 Å². The third-order valence-corrected chi connectivity index (χ3v) is 12.8. The molecule has 0 fully saturated rings. The molecule has 9 rings (SSSR count). The van der Waals surface area contributed by atoms with E-state index in [9.17, 15) is 0 Å². The van der Waals surface area contributed by atoms with Gasteiger partial charge in [0.2, 0.25) is 0 Å². The highest BCUT2D eigenvalue weighted by molar-refractivity contribution is 6.25. The molecule has 0 saturated carbocycles. The molecule has 0 spiro atoms. The molecule has 8 aromatic carbocycles. The van der Waals surface area contributed by atoms with Gasteiger partial charge in [-0.15, -0.1) is 0 Å². The zero-order chi connectivity index (χ0) is 44.3. The summed E-state index contributed by atoms with van der Waals surface area (Å²) in [6.45, 7) is 21.4. The van der Waals surface area contributed by atoms with Crippen molar-refractivity contribution in [3.05, 3.63) is 118 Å². The highest BCUT2D eigenvalue weighted by Crippen LogP contribution is 2.42. The summed E-state index contributed by atoms with van der Waals surface area (Å²) in [5, 5.41) is 15.0. The molecular weight excluding hydrogens is 801 g/mol. The molecule has 64 heavy (non-hydrogen) atoms. The number of rotatable bonds is 0. The van der Waals surface area contributed by atoms with Crippen molar-refractivity contribution in [3.8, 4) is 0 Å². The molecule has 0 aliphatic carbocycles. The van der Waals surface area contributed by atoms with Crippen molar-refractivity contribution in [2.24, 2.45) is 0 Å². The molecule has 8 heteroatoms. The van der Waals surface area contributed by atoms with E-state index in [1.54, 1.807) is 0 Å². The molecule has 8 nitrogen and oxygen atoms in total. The largest absolute Gasteiger partial charge is 0.377 e. The Kier molecular flexibility index (Phi) is 13.7. The van der Waals surface area contributed by atoms with Crippen LogP contribution in [0.15, 0.2) is 84.9 Å². The molecule has 0 radical (unpaired) electrons. The number of hydrogen-bond acceptors (Lipinski definition) is 8. The van der Waals surface area contributed by atoms with Gasteiger partial charge >= 0.3 is 0 Å². The second kappa shape index (κ2) is 19.5. The number of ether oxygens (including phenoxy) is 8. The molecule has 0 unspecified atom stereocenters. The number of fused-ring (bicyclic) bond motifs is 8. The summed E-state index contributed by atoms with van der Waals surface area (Å²) >= 11 is 0. The van der Waals surface area contributed by atoms with Gasteiger partial charge in [0, 0.05) is 0 Å². The number of benzene rings is 8. The Morgan fingerprint density at radius 3 is 0.750 bits per heavy atom. The minimum Gasteiger partial charge on any atom is -0.377 e. The van der Waals surface area contributed by atoms with Crippen LogP contribution in [-0.2, 0) is 75.2 Å². The van der Waals surface area contributed by atoms with E-state index in [0.29, 0.717) is 106 Å². The molecule has 0 atom stereocenters. The maximum absolute atomic E-state index is 6.26. The zero-order valence-electron chi connectivity index (χ0n) is 38.7. The van der Waals surface area contributed by atoms with E-state index in [1.807, 2.05) is 0 Å². The monoisotopic (exact) mass is 864 g/mol. The maximum atomic E-state index is 6.26. The van der Waals surface area contributed by atoms with Crippen LogP contribution in [0, 0.1) is 0 Å². The summed E-state index contributed by atoms with van der Waals surface area (Å²) in [6, 6.07) is 32.0. The summed E-state index contributed by atoms with van der Waals surface area (Å²) in [4.78, 5) is 0. The van der Waals surface area contributed by atoms with Crippen molar-refractivity contribution in [1.29, 1.82) is 0 Å². The first-order chi connectivity index (χ1) is 31.0. The lowest BCUT2D eigenvalue weighted by molar-refractivity contribution is -0.00689. The Morgan fingerprint density at radius 2 is 0.516 bits per heavy atom. The van der Waals surface area contributed by atoms with Crippen LogP contribution in [0.25, 0.3) is 64.6 Å². The predicted molar refractivity (Wildman–Crippen MR) is 260 cm³/mol. The summed E-state index contributed by atoms with van der Waals surface area (Å²) < 4.78 is 48.7. The van der Waals surface area contributed by atoms with E-state index in [2.05, 4.69) is 126 Å². The van der Waals surface area contributed by atoms with Gasteiger partial charge < -0.3 is 37.9 Å². The van der Waals surface area contributed by atoms with Crippen molar-refractivity contribution >= 4 is 64.6 Å².